The largest absolute Gasteiger partial charge is 0.197 e. The summed E-state index contributed by atoms with van der Waals surface area (Å²) in [5, 5.41) is 10.3. The number of hydrogen-bond acceptors (Lipinski definition) is 1. The molecule has 1 aliphatic rings. The van der Waals surface area contributed by atoms with E-state index in [4.69, 9.17) is 11.6 Å². The number of rotatable bonds is 1. The molecule has 1 fully saturated rings. The van der Waals surface area contributed by atoms with E-state index in [0.29, 0.717) is 0 Å². The van der Waals surface area contributed by atoms with Gasteiger partial charge in [-0.3, -0.25) is 0 Å². The third-order valence-corrected chi connectivity index (χ3v) is 3.89. The summed E-state index contributed by atoms with van der Waals surface area (Å²) in [7, 11) is 0. The van der Waals surface area contributed by atoms with E-state index in [-0.39, 0.29) is 5.41 Å². The zero-order valence-corrected chi connectivity index (χ0v) is 10.1. The number of nitriles is 1. The molecule has 0 heterocycles. The van der Waals surface area contributed by atoms with Crippen LogP contribution < -0.4 is 0 Å². The predicted octanol–water partition coefficient (Wildman–Crippen LogP) is 4.46. The zero-order chi connectivity index (χ0) is 11.4. The van der Waals surface area contributed by atoms with E-state index in [1.54, 1.807) is 0 Å². The van der Waals surface area contributed by atoms with Gasteiger partial charge in [0.05, 0.1) is 11.5 Å². The van der Waals surface area contributed by atoms with Gasteiger partial charge in [0.15, 0.2) is 0 Å². The second-order valence-electron chi connectivity index (χ2n) is 4.59. The van der Waals surface area contributed by atoms with Gasteiger partial charge in [0.25, 0.3) is 0 Å². The lowest BCUT2D eigenvalue weighted by molar-refractivity contribution is 0.475. The summed E-state index contributed by atoms with van der Waals surface area (Å²) in [5.41, 5.74) is 0.690. The van der Waals surface area contributed by atoms with Crippen molar-refractivity contribution in [1.29, 1.82) is 5.26 Å². The minimum atomic E-state index is -0.338. The van der Waals surface area contributed by atoms with Crippen molar-refractivity contribution in [2.45, 2.75) is 43.9 Å². The second kappa shape index (κ2) is 4.89. The van der Waals surface area contributed by atoms with Gasteiger partial charge in [0, 0.05) is 5.02 Å². The van der Waals surface area contributed by atoms with E-state index >= 15 is 0 Å². The smallest absolute Gasteiger partial charge is 0.0836 e. The third-order valence-electron chi connectivity index (χ3n) is 3.56. The van der Waals surface area contributed by atoms with E-state index in [0.717, 1.165) is 36.3 Å². The zero-order valence-electron chi connectivity index (χ0n) is 9.38. The molecular weight excluding hydrogens is 218 g/mol. The first-order valence-corrected chi connectivity index (χ1v) is 6.33. The Morgan fingerprint density at radius 2 is 1.69 bits per heavy atom. The Kier molecular flexibility index (Phi) is 3.51. The minimum absolute atomic E-state index is 0.338. The lowest BCUT2D eigenvalue weighted by atomic mass is 9.75. The molecule has 0 bridgehead atoms. The van der Waals surface area contributed by atoms with Gasteiger partial charge in [0.2, 0.25) is 0 Å². The van der Waals surface area contributed by atoms with Crippen molar-refractivity contribution < 1.29 is 0 Å². The summed E-state index contributed by atoms with van der Waals surface area (Å²) < 4.78 is 0. The van der Waals surface area contributed by atoms with Crippen LogP contribution in [0.25, 0.3) is 0 Å². The molecule has 2 heteroatoms. The maximum atomic E-state index is 9.54. The first-order chi connectivity index (χ1) is 7.78. The molecule has 0 N–H and O–H groups in total. The molecule has 0 radical (unpaired) electrons. The average molecular weight is 234 g/mol. The molecule has 16 heavy (non-hydrogen) atoms. The molecule has 0 saturated heterocycles. The molecule has 2 rings (SSSR count). The molecule has 0 amide bonds. The third kappa shape index (κ3) is 2.08. The molecule has 0 unspecified atom stereocenters. The molecule has 0 aliphatic heterocycles. The Hall–Kier alpha value is -1.00. The average Bonchev–Trinajstić information content (AvgIpc) is 2.56. The van der Waals surface area contributed by atoms with Crippen LogP contribution >= 0.6 is 11.6 Å². The van der Waals surface area contributed by atoms with Crippen molar-refractivity contribution in [3.63, 3.8) is 0 Å². The van der Waals surface area contributed by atoms with Gasteiger partial charge in [-0.2, -0.15) is 5.26 Å². The number of hydrogen-bond donors (Lipinski definition) is 0. The minimum Gasteiger partial charge on any atom is -0.197 e. The summed E-state index contributed by atoms with van der Waals surface area (Å²) in [5.74, 6) is 0. The molecule has 84 valence electrons. The second-order valence-corrected chi connectivity index (χ2v) is 5.00. The van der Waals surface area contributed by atoms with Gasteiger partial charge < -0.3 is 0 Å². The van der Waals surface area contributed by atoms with Crippen molar-refractivity contribution in [3.8, 4) is 6.07 Å². The molecular formula is C14H16ClN. The summed E-state index contributed by atoms with van der Waals surface area (Å²) in [4.78, 5) is 0. The van der Waals surface area contributed by atoms with Gasteiger partial charge in [-0.15, -0.1) is 0 Å². The molecule has 0 atom stereocenters. The Balaban J connectivity index is 2.41. The maximum Gasteiger partial charge on any atom is 0.0836 e. The fourth-order valence-corrected chi connectivity index (χ4v) is 2.94. The van der Waals surface area contributed by atoms with Crippen LogP contribution in [0.4, 0.5) is 0 Å². The fraction of sp³-hybridized carbons (Fsp3) is 0.500. The van der Waals surface area contributed by atoms with Gasteiger partial charge >= 0.3 is 0 Å². The molecule has 1 aliphatic carbocycles. The van der Waals surface area contributed by atoms with Crippen LogP contribution in [0, 0.1) is 11.3 Å². The lowest BCUT2D eigenvalue weighted by Crippen LogP contribution is -2.23. The lowest BCUT2D eigenvalue weighted by Gasteiger charge is -2.26. The molecule has 0 aromatic heterocycles. The molecule has 1 aromatic carbocycles. The first-order valence-electron chi connectivity index (χ1n) is 5.95. The summed E-state index contributed by atoms with van der Waals surface area (Å²) in [6.45, 7) is 0. The highest BCUT2D eigenvalue weighted by atomic mass is 35.5. The van der Waals surface area contributed by atoms with Gasteiger partial charge in [-0.05, 0) is 24.5 Å². The SMILES string of the molecule is N#CC1(c2ccccc2Cl)CCCCCC1. The molecule has 0 spiro atoms. The highest BCUT2D eigenvalue weighted by molar-refractivity contribution is 6.31. The van der Waals surface area contributed by atoms with Crippen molar-refractivity contribution in [3.05, 3.63) is 34.9 Å². The molecule has 1 aromatic rings. The van der Waals surface area contributed by atoms with Crippen molar-refractivity contribution in [1.82, 2.24) is 0 Å². The summed E-state index contributed by atoms with van der Waals surface area (Å²) >= 11 is 6.23. The number of nitrogens with zero attached hydrogens (tertiary/aromatic N) is 1. The quantitative estimate of drug-likeness (QED) is 0.658. The first kappa shape index (κ1) is 11.5. The summed E-state index contributed by atoms with van der Waals surface area (Å²) in [6.07, 6.45) is 6.67. The van der Waals surface area contributed by atoms with Crippen LogP contribution in [0.5, 0.6) is 0 Å². The Morgan fingerprint density at radius 3 is 2.25 bits per heavy atom. The van der Waals surface area contributed by atoms with E-state index in [9.17, 15) is 5.26 Å². The van der Waals surface area contributed by atoms with Gasteiger partial charge in [-0.1, -0.05) is 55.5 Å². The molecule has 1 saturated carbocycles. The predicted molar refractivity (Wildman–Crippen MR) is 66.4 cm³/mol. The van der Waals surface area contributed by atoms with Crippen molar-refractivity contribution >= 4 is 11.6 Å². The van der Waals surface area contributed by atoms with Crippen LogP contribution in [0.1, 0.15) is 44.1 Å². The van der Waals surface area contributed by atoms with Crippen LogP contribution in [0.3, 0.4) is 0 Å². The highest BCUT2D eigenvalue weighted by Crippen LogP contribution is 2.40. The topological polar surface area (TPSA) is 23.8 Å². The normalized spacial score (nSPS) is 19.8. The number of benzene rings is 1. The fourth-order valence-electron chi connectivity index (χ4n) is 2.62. The monoisotopic (exact) mass is 233 g/mol. The van der Waals surface area contributed by atoms with Gasteiger partial charge in [0.1, 0.15) is 0 Å². The van der Waals surface area contributed by atoms with Crippen LogP contribution in [-0.4, -0.2) is 0 Å². The van der Waals surface area contributed by atoms with Crippen molar-refractivity contribution in [2.24, 2.45) is 0 Å². The maximum absolute atomic E-state index is 9.54. The van der Waals surface area contributed by atoms with Crippen molar-refractivity contribution in [2.75, 3.05) is 0 Å². The number of halogens is 1. The van der Waals surface area contributed by atoms with E-state index in [2.05, 4.69) is 6.07 Å². The van der Waals surface area contributed by atoms with E-state index in [1.165, 1.54) is 12.8 Å². The highest BCUT2D eigenvalue weighted by Gasteiger charge is 2.34. The Morgan fingerprint density at radius 1 is 1.06 bits per heavy atom. The standard InChI is InChI=1S/C14H16ClN/c15-13-8-4-3-7-12(13)14(11-16)9-5-1-2-6-10-14/h3-4,7-8H,1-2,5-6,9-10H2. The Labute approximate surface area is 102 Å². The Bertz CT molecular complexity index is 397. The van der Waals surface area contributed by atoms with E-state index in [1.807, 2.05) is 24.3 Å². The van der Waals surface area contributed by atoms with Crippen LogP contribution in [0.2, 0.25) is 5.02 Å². The van der Waals surface area contributed by atoms with Crippen LogP contribution in [-0.2, 0) is 5.41 Å². The van der Waals surface area contributed by atoms with Gasteiger partial charge in [-0.25, -0.2) is 0 Å². The van der Waals surface area contributed by atoms with Crippen LogP contribution in [0.15, 0.2) is 24.3 Å². The van der Waals surface area contributed by atoms with E-state index < -0.39 is 0 Å². The summed E-state index contributed by atoms with van der Waals surface area (Å²) in [6, 6.07) is 10.3. The molecule has 1 nitrogen and oxygen atoms in total.